The number of furan rings is 1. The molecule has 2 heterocycles. The van der Waals surface area contributed by atoms with Crippen molar-refractivity contribution in [3.05, 3.63) is 59.5 Å². The van der Waals surface area contributed by atoms with Gasteiger partial charge in [0.2, 0.25) is 5.91 Å². The Bertz CT molecular complexity index is 755. The van der Waals surface area contributed by atoms with E-state index in [9.17, 15) is 4.79 Å². The van der Waals surface area contributed by atoms with Gasteiger partial charge in [-0.15, -0.1) is 0 Å². The Balaban J connectivity index is 1.78. The van der Waals surface area contributed by atoms with Crippen molar-refractivity contribution in [2.45, 2.75) is 33.2 Å². The van der Waals surface area contributed by atoms with Crippen LogP contribution >= 0.6 is 0 Å². The second kappa shape index (κ2) is 10.1. The van der Waals surface area contributed by atoms with Crippen molar-refractivity contribution >= 4 is 5.91 Å². The number of methoxy groups -OCH3 is 1. The molecule has 2 aromatic rings. The summed E-state index contributed by atoms with van der Waals surface area (Å²) in [5.41, 5.74) is 2.62. The molecule has 2 atom stereocenters. The van der Waals surface area contributed by atoms with Crippen molar-refractivity contribution in [2.75, 3.05) is 39.9 Å². The highest BCUT2D eigenvalue weighted by molar-refractivity contribution is 5.77. The summed E-state index contributed by atoms with van der Waals surface area (Å²) in [6.45, 7) is 10.8. The van der Waals surface area contributed by atoms with E-state index in [0.29, 0.717) is 17.8 Å². The molecule has 1 aliphatic rings. The third-order valence-corrected chi connectivity index (χ3v) is 5.64. The number of hydrogen-bond acceptors (Lipinski definition) is 4. The highest BCUT2D eigenvalue weighted by atomic mass is 16.5. The summed E-state index contributed by atoms with van der Waals surface area (Å²) in [5, 5.41) is 0. The number of ether oxygens (including phenoxy) is 1. The maximum atomic E-state index is 12.7. The van der Waals surface area contributed by atoms with E-state index in [2.05, 4.69) is 49.9 Å². The lowest BCUT2D eigenvalue weighted by Crippen LogP contribution is -2.41. The Morgan fingerprint density at radius 2 is 2.00 bits per heavy atom. The van der Waals surface area contributed by atoms with E-state index in [1.807, 2.05) is 17.0 Å². The van der Waals surface area contributed by atoms with Crippen molar-refractivity contribution in [1.82, 2.24) is 9.80 Å². The van der Waals surface area contributed by atoms with Crippen LogP contribution in [-0.4, -0.2) is 55.6 Å². The van der Waals surface area contributed by atoms with Gasteiger partial charge in [-0.25, -0.2) is 0 Å². The van der Waals surface area contributed by atoms with Crippen molar-refractivity contribution in [3.63, 3.8) is 0 Å². The first-order valence-electron chi connectivity index (χ1n) is 10.5. The zero-order valence-electron chi connectivity index (χ0n) is 18.1. The lowest BCUT2D eigenvalue weighted by molar-refractivity contribution is -0.136. The SMILES string of the molecule is COCC(=O)N(CC(C)C)C[C@@H]1CN(Cc2ccco2)C[C@@H]1c1ccc(C)cc1. The molecule has 0 saturated carbocycles. The largest absolute Gasteiger partial charge is 0.468 e. The summed E-state index contributed by atoms with van der Waals surface area (Å²) < 4.78 is 10.7. The van der Waals surface area contributed by atoms with Gasteiger partial charge < -0.3 is 14.1 Å². The maximum Gasteiger partial charge on any atom is 0.248 e. The monoisotopic (exact) mass is 398 g/mol. The molecule has 3 rings (SSSR count). The minimum atomic E-state index is 0.0772. The van der Waals surface area contributed by atoms with Crippen LogP contribution in [0.2, 0.25) is 0 Å². The van der Waals surface area contributed by atoms with Crippen LogP contribution in [0.25, 0.3) is 0 Å². The predicted octanol–water partition coefficient (Wildman–Crippen LogP) is 3.93. The van der Waals surface area contributed by atoms with Gasteiger partial charge in [-0.05, 0) is 36.5 Å². The van der Waals surface area contributed by atoms with Crippen LogP contribution in [0.4, 0.5) is 0 Å². The number of carbonyl (C=O) groups excluding carboxylic acids is 1. The number of benzene rings is 1. The van der Waals surface area contributed by atoms with E-state index in [-0.39, 0.29) is 12.5 Å². The number of likely N-dealkylation sites (tertiary alicyclic amines) is 1. The number of aryl methyl sites for hydroxylation is 1. The molecule has 1 aromatic carbocycles. The van der Waals surface area contributed by atoms with Crippen LogP contribution in [-0.2, 0) is 16.1 Å². The van der Waals surface area contributed by atoms with E-state index >= 15 is 0 Å². The normalized spacial score (nSPS) is 19.8. The van der Waals surface area contributed by atoms with E-state index in [0.717, 1.165) is 38.5 Å². The van der Waals surface area contributed by atoms with E-state index < -0.39 is 0 Å². The lowest BCUT2D eigenvalue weighted by atomic mass is 9.88. The van der Waals surface area contributed by atoms with Crippen LogP contribution in [0.3, 0.4) is 0 Å². The molecule has 158 valence electrons. The van der Waals surface area contributed by atoms with E-state index in [1.54, 1.807) is 13.4 Å². The first kappa shape index (κ1) is 21.6. The third-order valence-electron chi connectivity index (χ3n) is 5.64. The van der Waals surface area contributed by atoms with Gasteiger partial charge in [-0.1, -0.05) is 43.7 Å². The Morgan fingerprint density at radius 1 is 1.24 bits per heavy atom. The van der Waals surface area contributed by atoms with Crippen molar-refractivity contribution in [3.8, 4) is 0 Å². The first-order chi connectivity index (χ1) is 14.0. The van der Waals surface area contributed by atoms with Gasteiger partial charge in [0.05, 0.1) is 12.8 Å². The Kier molecular flexibility index (Phi) is 7.51. The second-order valence-corrected chi connectivity index (χ2v) is 8.68. The topological polar surface area (TPSA) is 45.9 Å². The highest BCUT2D eigenvalue weighted by Crippen LogP contribution is 2.34. The summed E-state index contributed by atoms with van der Waals surface area (Å²) in [5.74, 6) is 2.27. The Labute approximate surface area is 174 Å². The predicted molar refractivity (Wildman–Crippen MR) is 115 cm³/mol. The number of rotatable bonds is 9. The summed E-state index contributed by atoms with van der Waals surface area (Å²) in [7, 11) is 1.58. The van der Waals surface area contributed by atoms with Crippen LogP contribution in [0.15, 0.2) is 47.1 Å². The molecule has 0 N–H and O–H groups in total. The van der Waals surface area contributed by atoms with Gasteiger partial charge in [0, 0.05) is 39.2 Å². The van der Waals surface area contributed by atoms with Crippen LogP contribution in [0, 0.1) is 18.8 Å². The standard InChI is InChI=1S/C24H34N2O3/c1-18(2)12-26(24(27)17-28-4)14-21-13-25(15-22-6-5-11-29-22)16-23(21)20-9-7-19(3)8-10-20/h5-11,18,21,23H,12-17H2,1-4H3/t21-,23+/m0/s1. The van der Waals surface area contributed by atoms with Crippen LogP contribution < -0.4 is 0 Å². The quantitative estimate of drug-likeness (QED) is 0.642. The van der Waals surface area contributed by atoms with Gasteiger partial charge >= 0.3 is 0 Å². The summed E-state index contributed by atoms with van der Waals surface area (Å²) in [6.07, 6.45) is 1.73. The highest BCUT2D eigenvalue weighted by Gasteiger charge is 2.36. The molecule has 1 amide bonds. The number of amides is 1. The first-order valence-corrected chi connectivity index (χ1v) is 10.5. The molecule has 29 heavy (non-hydrogen) atoms. The third kappa shape index (κ3) is 5.94. The zero-order valence-corrected chi connectivity index (χ0v) is 18.1. The summed E-state index contributed by atoms with van der Waals surface area (Å²) in [6, 6.07) is 12.8. The van der Waals surface area contributed by atoms with Gasteiger partial charge in [0.1, 0.15) is 12.4 Å². The second-order valence-electron chi connectivity index (χ2n) is 8.68. The molecular formula is C24H34N2O3. The van der Waals surface area contributed by atoms with Crippen LogP contribution in [0.5, 0.6) is 0 Å². The Morgan fingerprint density at radius 3 is 2.62 bits per heavy atom. The molecule has 1 aromatic heterocycles. The fraction of sp³-hybridized carbons (Fsp3) is 0.542. The van der Waals surface area contributed by atoms with Crippen molar-refractivity contribution in [1.29, 1.82) is 0 Å². The lowest BCUT2D eigenvalue weighted by Gasteiger charge is -2.30. The molecule has 5 nitrogen and oxygen atoms in total. The fourth-order valence-electron chi connectivity index (χ4n) is 4.31. The number of carbonyl (C=O) groups is 1. The van der Waals surface area contributed by atoms with E-state index in [4.69, 9.17) is 9.15 Å². The fourth-order valence-corrected chi connectivity index (χ4v) is 4.31. The van der Waals surface area contributed by atoms with Gasteiger partial charge in [0.15, 0.2) is 0 Å². The molecule has 5 heteroatoms. The van der Waals surface area contributed by atoms with Gasteiger partial charge in [-0.3, -0.25) is 9.69 Å². The molecule has 1 aliphatic heterocycles. The molecular weight excluding hydrogens is 364 g/mol. The molecule has 1 fully saturated rings. The zero-order chi connectivity index (χ0) is 20.8. The molecule has 0 aliphatic carbocycles. The van der Waals surface area contributed by atoms with Gasteiger partial charge in [0.25, 0.3) is 0 Å². The summed E-state index contributed by atoms with van der Waals surface area (Å²) in [4.78, 5) is 17.1. The molecule has 1 saturated heterocycles. The average Bonchev–Trinajstić information content (AvgIpc) is 3.32. The molecule has 0 unspecified atom stereocenters. The Hall–Kier alpha value is -2.11. The maximum absolute atomic E-state index is 12.7. The van der Waals surface area contributed by atoms with Gasteiger partial charge in [-0.2, -0.15) is 0 Å². The number of hydrogen-bond donors (Lipinski definition) is 0. The summed E-state index contributed by atoms with van der Waals surface area (Å²) >= 11 is 0. The van der Waals surface area contributed by atoms with Crippen molar-refractivity contribution < 1.29 is 13.9 Å². The van der Waals surface area contributed by atoms with Crippen LogP contribution in [0.1, 0.15) is 36.7 Å². The molecule has 0 spiro atoms. The minimum absolute atomic E-state index is 0.0772. The number of nitrogens with zero attached hydrogens (tertiary/aromatic N) is 2. The minimum Gasteiger partial charge on any atom is -0.468 e. The molecule has 0 bridgehead atoms. The average molecular weight is 399 g/mol. The van der Waals surface area contributed by atoms with Crippen molar-refractivity contribution in [2.24, 2.45) is 11.8 Å². The molecule has 0 radical (unpaired) electrons. The smallest absolute Gasteiger partial charge is 0.248 e. The van der Waals surface area contributed by atoms with E-state index in [1.165, 1.54) is 11.1 Å².